The minimum Gasteiger partial charge on any atom is -0.497 e. The number of nitriles is 1. The van der Waals surface area contributed by atoms with Gasteiger partial charge in [0, 0.05) is 6.42 Å². The fourth-order valence-corrected chi connectivity index (χ4v) is 1.76. The van der Waals surface area contributed by atoms with Gasteiger partial charge in [-0.15, -0.1) is 0 Å². The third-order valence-electron chi connectivity index (χ3n) is 2.87. The molecule has 0 aliphatic carbocycles. The van der Waals surface area contributed by atoms with Crippen molar-refractivity contribution in [2.45, 2.75) is 6.42 Å². The third-order valence-corrected chi connectivity index (χ3v) is 2.87. The zero-order chi connectivity index (χ0) is 14.4. The van der Waals surface area contributed by atoms with E-state index in [0.29, 0.717) is 13.0 Å². The van der Waals surface area contributed by atoms with Crippen LogP contribution in [0.25, 0.3) is 0 Å². The number of methoxy groups -OCH3 is 1. The van der Waals surface area contributed by atoms with E-state index < -0.39 is 5.82 Å². The Kier molecular flexibility index (Phi) is 4.56. The molecule has 0 unspecified atom stereocenters. The first kappa shape index (κ1) is 13.9. The number of hydrogen-bond donors (Lipinski definition) is 0. The highest BCUT2D eigenvalue weighted by Crippen LogP contribution is 2.18. The van der Waals surface area contributed by atoms with Gasteiger partial charge in [-0.05, 0) is 35.9 Å². The van der Waals surface area contributed by atoms with Gasteiger partial charge in [0.15, 0.2) is 11.6 Å². The van der Waals surface area contributed by atoms with Gasteiger partial charge in [0.2, 0.25) is 0 Å². The van der Waals surface area contributed by atoms with Gasteiger partial charge in [0.1, 0.15) is 5.75 Å². The quantitative estimate of drug-likeness (QED) is 0.837. The zero-order valence-electron chi connectivity index (χ0n) is 11.1. The van der Waals surface area contributed by atoms with E-state index in [4.69, 9.17) is 14.7 Å². The third kappa shape index (κ3) is 3.48. The van der Waals surface area contributed by atoms with Crippen molar-refractivity contribution in [2.24, 2.45) is 0 Å². The van der Waals surface area contributed by atoms with Gasteiger partial charge in [0.05, 0.1) is 25.3 Å². The second-order valence-corrected chi connectivity index (χ2v) is 4.20. The van der Waals surface area contributed by atoms with Crippen molar-refractivity contribution in [3.05, 3.63) is 59.4 Å². The fraction of sp³-hybridized carbons (Fsp3) is 0.188. The predicted molar refractivity (Wildman–Crippen MR) is 73.3 cm³/mol. The van der Waals surface area contributed by atoms with E-state index in [1.54, 1.807) is 7.11 Å². The fourth-order valence-electron chi connectivity index (χ4n) is 1.76. The Morgan fingerprint density at radius 3 is 2.50 bits per heavy atom. The van der Waals surface area contributed by atoms with Gasteiger partial charge in [-0.3, -0.25) is 0 Å². The maximum atomic E-state index is 13.6. The standard InChI is InChI=1S/C16H14FNO2/c1-19-14-5-2-12(3-6-14)8-9-20-16-7-4-13(11-18)10-15(16)17/h2-7,10H,8-9H2,1H3. The molecule has 2 aromatic rings. The molecule has 0 heterocycles. The minimum absolute atomic E-state index is 0.164. The molecule has 102 valence electrons. The van der Waals surface area contributed by atoms with Gasteiger partial charge in [0.25, 0.3) is 0 Å². The van der Waals surface area contributed by atoms with Crippen LogP contribution in [0.5, 0.6) is 11.5 Å². The first-order chi connectivity index (χ1) is 9.72. The molecule has 0 fully saturated rings. The summed E-state index contributed by atoms with van der Waals surface area (Å²) in [6, 6.07) is 13.7. The molecule has 2 aromatic carbocycles. The molecule has 0 aliphatic rings. The van der Waals surface area contributed by atoms with Crippen LogP contribution in [-0.4, -0.2) is 13.7 Å². The van der Waals surface area contributed by atoms with E-state index in [9.17, 15) is 4.39 Å². The van der Waals surface area contributed by atoms with Crippen molar-refractivity contribution in [3.8, 4) is 17.6 Å². The molecule has 0 spiro atoms. The Hall–Kier alpha value is -2.54. The highest BCUT2D eigenvalue weighted by molar-refractivity contribution is 5.36. The predicted octanol–water partition coefficient (Wildman–Crippen LogP) is 3.33. The molecule has 0 aliphatic heterocycles. The summed E-state index contributed by atoms with van der Waals surface area (Å²) < 4.78 is 24.0. The van der Waals surface area contributed by atoms with Crippen molar-refractivity contribution in [3.63, 3.8) is 0 Å². The van der Waals surface area contributed by atoms with Crippen molar-refractivity contribution in [1.29, 1.82) is 5.26 Å². The summed E-state index contributed by atoms with van der Waals surface area (Å²) in [4.78, 5) is 0. The van der Waals surface area contributed by atoms with E-state index in [-0.39, 0.29) is 11.3 Å². The summed E-state index contributed by atoms with van der Waals surface area (Å²) >= 11 is 0. The van der Waals surface area contributed by atoms with E-state index >= 15 is 0 Å². The smallest absolute Gasteiger partial charge is 0.166 e. The second-order valence-electron chi connectivity index (χ2n) is 4.20. The van der Waals surface area contributed by atoms with E-state index in [1.807, 2.05) is 30.3 Å². The summed E-state index contributed by atoms with van der Waals surface area (Å²) in [5.41, 5.74) is 1.37. The summed E-state index contributed by atoms with van der Waals surface area (Å²) in [5, 5.41) is 8.65. The van der Waals surface area contributed by atoms with Crippen molar-refractivity contribution in [2.75, 3.05) is 13.7 Å². The monoisotopic (exact) mass is 271 g/mol. The van der Waals surface area contributed by atoms with Gasteiger partial charge in [-0.2, -0.15) is 5.26 Å². The van der Waals surface area contributed by atoms with Crippen LogP contribution >= 0.6 is 0 Å². The van der Waals surface area contributed by atoms with Crippen LogP contribution in [0.1, 0.15) is 11.1 Å². The lowest BCUT2D eigenvalue weighted by atomic mass is 10.1. The number of hydrogen-bond acceptors (Lipinski definition) is 3. The van der Waals surface area contributed by atoms with Crippen molar-refractivity contribution < 1.29 is 13.9 Å². The molecule has 0 bridgehead atoms. The molecule has 4 heteroatoms. The number of halogens is 1. The van der Waals surface area contributed by atoms with Crippen LogP contribution in [0, 0.1) is 17.1 Å². The SMILES string of the molecule is COc1ccc(CCOc2ccc(C#N)cc2F)cc1. The number of ether oxygens (including phenoxy) is 2. The van der Waals surface area contributed by atoms with Crippen LogP contribution in [0.2, 0.25) is 0 Å². The van der Waals surface area contributed by atoms with Crippen LogP contribution < -0.4 is 9.47 Å². The molecule has 0 aromatic heterocycles. The molecule has 0 N–H and O–H groups in total. The van der Waals surface area contributed by atoms with E-state index in [1.165, 1.54) is 18.2 Å². The lowest BCUT2D eigenvalue weighted by Gasteiger charge is -2.08. The molecule has 3 nitrogen and oxygen atoms in total. The van der Waals surface area contributed by atoms with Gasteiger partial charge in [-0.1, -0.05) is 12.1 Å². The Morgan fingerprint density at radius 1 is 1.15 bits per heavy atom. The molecule has 2 rings (SSSR count). The highest BCUT2D eigenvalue weighted by Gasteiger charge is 2.04. The molecule has 20 heavy (non-hydrogen) atoms. The Labute approximate surface area is 117 Å². The van der Waals surface area contributed by atoms with Gasteiger partial charge >= 0.3 is 0 Å². The second kappa shape index (κ2) is 6.58. The molecule has 0 saturated carbocycles. The highest BCUT2D eigenvalue weighted by atomic mass is 19.1. The molecular formula is C16H14FNO2. The van der Waals surface area contributed by atoms with Crippen LogP contribution in [0.3, 0.4) is 0 Å². The number of benzene rings is 2. The lowest BCUT2D eigenvalue weighted by Crippen LogP contribution is -2.03. The largest absolute Gasteiger partial charge is 0.497 e. The number of rotatable bonds is 5. The van der Waals surface area contributed by atoms with Crippen LogP contribution in [0.4, 0.5) is 4.39 Å². The van der Waals surface area contributed by atoms with Crippen molar-refractivity contribution >= 4 is 0 Å². The maximum absolute atomic E-state index is 13.6. The summed E-state index contributed by atoms with van der Waals surface area (Å²) in [6.45, 7) is 0.370. The van der Waals surface area contributed by atoms with Gasteiger partial charge in [-0.25, -0.2) is 4.39 Å². The maximum Gasteiger partial charge on any atom is 0.166 e. The lowest BCUT2D eigenvalue weighted by molar-refractivity contribution is 0.305. The number of nitrogens with zero attached hydrogens (tertiary/aromatic N) is 1. The Balaban J connectivity index is 1.91. The molecule has 0 atom stereocenters. The van der Waals surface area contributed by atoms with Crippen LogP contribution in [0.15, 0.2) is 42.5 Å². The summed E-state index contributed by atoms with van der Waals surface area (Å²) in [5.74, 6) is 0.448. The molecule has 0 amide bonds. The first-order valence-corrected chi connectivity index (χ1v) is 6.18. The molecular weight excluding hydrogens is 257 g/mol. The normalized spacial score (nSPS) is 9.85. The van der Waals surface area contributed by atoms with Crippen molar-refractivity contribution in [1.82, 2.24) is 0 Å². The first-order valence-electron chi connectivity index (χ1n) is 6.18. The Bertz CT molecular complexity index is 617. The molecule has 0 radical (unpaired) electrons. The minimum atomic E-state index is -0.515. The average Bonchev–Trinajstić information content (AvgIpc) is 2.49. The summed E-state index contributed by atoms with van der Waals surface area (Å²) in [7, 11) is 1.62. The van der Waals surface area contributed by atoms with E-state index in [2.05, 4.69) is 0 Å². The zero-order valence-corrected chi connectivity index (χ0v) is 11.1. The van der Waals surface area contributed by atoms with E-state index in [0.717, 1.165) is 11.3 Å². The van der Waals surface area contributed by atoms with Crippen LogP contribution in [-0.2, 0) is 6.42 Å². The van der Waals surface area contributed by atoms with Gasteiger partial charge < -0.3 is 9.47 Å². The average molecular weight is 271 g/mol. The Morgan fingerprint density at radius 2 is 1.90 bits per heavy atom. The molecule has 0 saturated heterocycles. The topological polar surface area (TPSA) is 42.2 Å². The summed E-state index contributed by atoms with van der Waals surface area (Å²) in [6.07, 6.45) is 0.670.